The molecule has 1 aromatic rings. The Morgan fingerprint density at radius 2 is 1.89 bits per heavy atom. The van der Waals surface area contributed by atoms with Gasteiger partial charge in [-0.15, -0.1) is 0 Å². The molecule has 5 nitrogen and oxygen atoms in total. The van der Waals surface area contributed by atoms with Gasteiger partial charge in [-0.1, -0.05) is 17.7 Å². The second kappa shape index (κ2) is 7.53. The molecule has 0 bridgehead atoms. The summed E-state index contributed by atoms with van der Waals surface area (Å²) in [7, 11) is 1.82. The van der Waals surface area contributed by atoms with Crippen LogP contribution in [-0.2, 0) is 9.59 Å². The molecule has 5 heteroatoms. The summed E-state index contributed by atoms with van der Waals surface area (Å²) < 4.78 is 0. The topological polar surface area (TPSA) is 69.6 Å². The summed E-state index contributed by atoms with van der Waals surface area (Å²) in [5.41, 5.74) is 1.70. The number of carbonyl (C=O) groups is 2. The standard InChI is InChI=1S/C14H20N2O3/c1-11-5-7-12(8-6-11)16(10-14(18)19)13(17)4-3-9-15-2/h5-8,15H,3-4,9-10H2,1-2H3,(H,18,19). The van der Waals surface area contributed by atoms with E-state index in [0.29, 0.717) is 18.5 Å². The third-order valence-corrected chi connectivity index (χ3v) is 2.76. The van der Waals surface area contributed by atoms with Crippen molar-refractivity contribution in [2.45, 2.75) is 19.8 Å². The molecule has 1 rings (SSSR count). The molecule has 0 radical (unpaired) electrons. The van der Waals surface area contributed by atoms with Gasteiger partial charge in [0.05, 0.1) is 0 Å². The molecular weight excluding hydrogens is 244 g/mol. The molecular formula is C14H20N2O3. The van der Waals surface area contributed by atoms with Gasteiger partial charge in [0.1, 0.15) is 6.54 Å². The number of aliphatic carboxylic acids is 1. The summed E-state index contributed by atoms with van der Waals surface area (Å²) in [5.74, 6) is -1.18. The Bertz CT molecular complexity index is 429. The molecule has 0 spiro atoms. The van der Waals surface area contributed by atoms with Crippen molar-refractivity contribution < 1.29 is 14.7 Å². The van der Waals surface area contributed by atoms with Crippen molar-refractivity contribution in [3.8, 4) is 0 Å². The van der Waals surface area contributed by atoms with E-state index < -0.39 is 5.97 Å². The minimum Gasteiger partial charge on any atom is -0.480 e. The molecule has 0 heterocycles. The fourth-order valence-corrected chi connectivity index (χ4v) is 1.73. The largest absolute Gasteiger partial charge is 0.480 e. The van der Waals surface area contributed by atoms with Crippen LogP contribution in [0.3, 0.4) is 0 Å². The van der Waals surface area contributed by atoms with Crippen molar-refractivity contribution >= 4 is 17.6 Å². The van der Waals surface area contributed by atoms with Crippen LogP contribution in [0.1, 0.15) is 18.4 Å². The average molecular weight is 264 g/mol. The average Bonchev–Trinajstić information content (AvgIpc) is 2.37. The molecule has 1 amide bonds. The smallest absolute Gasteiger partial charge is 0.323 e. The minimum atomic E-state index is -1.01. The fraction of sp³-hybridized carbons (Fsp3) is 0.429. The zero-order valence-corrected chi connectivity index (χ0v) is 11.3. The molecule has 0 aliphatic rings. The second-order valence-electron chi connectivity index (χ2n) is 4.42. The summed E-state index contributed by atoms with van der Waals surface area (Å²) in [6.07, 6.45) is 1.03. The normalized spacial score (nSPS) is 10.2. The number of nitrogens with one attached hydrogen (secondary N) is 1. The SMILES string of the molecule is CNCCCC(=O)N(CC(=O)O)c1ccc(C)cc1. The number of nitrogens with zero attached hydrogens (tertiary/aromatic N) is 1. The van der Waals surface area contributed by atoms with Gasteiger partial charge in [-0.2, -0.15) is 0 Å². The van der Waals surface area contributed by atoms with Gasteiger partial charge in [-0.05, 0) is 39.1 Å². The number of amides is 1. The van der Waals surface area contributed by atoms with E-state index in [4.69, 9.17) is 5.11 Å². The van der Waals surface area contributed by atoms with Crippen LogP contribution in [0.2, 0.25) is 0 Å². The molecule has 0 aromatic heterocycles. The Hall–Kier alpha value is -1.88. The van der Waals surface area contributed by atoms with E-state index in [1.54, 1.807) is 12.1 Å². The highest BCUT2D eigenvalue weighted by Gasteiger charge is 2.18. The zero-order valence-electron chi connectivity index (χ0n) is 11.3. The van der Waals surface area contributed by atoms with Crippen molar-refractivity contribution in [3.05, 3.63) is 29.8 Å². The van der Waals surface area contributed by atoms with Crippen LogP contribution in [0.15, 0.2) is 24.3 Å². The first-order valence-corrected chi connectivity index (χ1v) is 6.28. The summed E-state index contributed by atoms with van der Waals surface area (Å²) >= 11 is 0. The summed E-state index contributed by atoms with van der Waals surface area (Å²) in [6, 6.07) is 7.28. The number of hydrogen-bond acceptors (Lipinski definition) is 3. The van der Waals surface area contributed by atoms with Crippen molar-refractivity contribution in [3.63, 3.8) is 0 Å². The first-order chi connectivity index (χ1) is 9.04. The van der Waals surface area contributed by atoms with E-state index in [0.717, 1.165) is 12.1 Å². The Balaban J connectivity index is 2.79. The molecule has 0 unspecified atom stereocenters. The molecule has 104 valence electrons. The van der Waals surface area contributed by atoms with Crippen LogP contribution < -0.4 is 10.2 Å². The first kappa shape index (κ1) is 15.2. The molecule has 0 aliphatic heterocycles. The number of anilines is 1. The number of hydrogen-bond donors (Lipinski definition) is 2. The number of carboxylic acid groups (broad SMARTS) is 1. The zero-order chi connectivity index (χ0) is 14.3. The predicted octanol–water partition coefficient (Wildman–Crippen LogP) is 1.41. The van der Waals surface area contributed by atoms with Crippen molar-refractivity contribution in [2.24, 2.45) is 0 Å². The number of aryl methyl sites for hydroxylation is 1. The Morgan fingerprint density at radius 3 is 2.42 bits per heavy atom. The Labute approximate surface area is 113 Å². The highest BCUT2D eigenvalue weighted by atomic mass is 16.4. The number of carbonyl (C=O) groups excluding carboxylic acids is 1. The lowest BCUT2D eigenvalue weighted by Crippen LogP contribution is -2.35. The van der Waals surface area contributed by atoms with Crippen molar-refractivity contribution in [1.29, 1.82) is 0 Å². The summed E-state index contributed by atoms with van der Waals surface area (Å²) in [5, 5.41) is 11.9. The van der Waals surface area contributed by atoms with Crippen molar-refractivity contribution in [1.82, 2.24) is 5.32 Å². The molecule has 1 aromatic carbocycles. The van der Waals surface area contributed by atoms with E-state index in [1.165, 1.54) is 4.90 Å². The number of rotatable bonds is 7. The lowest BCUT2D eigenvalue weighted by atomic mass is 10.2. The van der Waals surface area contributed by atoms with Gasteiger partial charge in [0.2, 0.25) is 5.91 Å². The molecule has 0 fully saturated rings. The Kier molecular flexibility index (Phi) is 6.02. The lowest BCUT2D eigenvalue weighted by molar-refractivity contribution is -0.136. The van der Waals surface area contributed by atoms with E-state index in [9.17, 15) is 9.59 Å². The van der Waals surface area contributed by atoms with Crippen LogP contribution in [0, 0.1) is 6.92 Å². The lowest BCUT2D eigenvalue weighted by Gasteiger charge is -2.21. The molecule has 0 aliphatic carbocycles. The quantitative estimate of drug-likeness (QED) is 0.731. The van der Waals surface area contributed by atoms with E-state index in [1.807, 2.05) is 26.1 Å². The first-order valence-electron chi connectivity index (χ1n) is 6.28. The van der Waals surface area contributed by atoms with Gasteiger partial charge in [0.25, 0.3) is 0 Å². The predicted molar refractivity (Wildman–Crippen MR) is 74.3 cm³/mol. The molecule has 19 heavy (non-hydrogen) atoms. The second-order valence-corrected chi connectivity index (χ2v) is 4.42. The van der Waals surface area contributed by atoms with Gasteiger partial charge in [-0.25, -0.2) is 0 Å². The maximum atomic E-state index is 12.1. The van der Waals surface area contributed by atoms with Crippen LogP contribution >= 0.6 is 0 Å². The van der Waals surface area contributed by atoms with Gasteiger partial charge in [-0.3, -0.25) is 9.59 Å². The van der Waals surface area contributed by atoms with Gasteiger partial charge < -0.3 is 15.3 Å². The monoisotopic (exact) mass is 264 g/mol. The van der Waals surface area contributed by atoms with E-state index in [-0.39, 0.29) is 12.5 Å². The van der Waals surface area contributed by atoms with Crippen LogP contribution in [-0.4, -0.2) is 37.1 Å². The maximum Gasteiger partial charge on any atom is 0.323 e. The Morgan fingerprint density at radius 1 is 1.26 bits per heavy atom. The summed E-state index contributed by atoms with van der Waals surface area (Å²) in [6.45, 7) is 2.38. The minimum absolute atomic E-state index is 0.165. The fourth-order valence-electron chi connectivity index (χ4n) is 1.73. The van der Waals surface area contributed by atoms with Crippen LogP contribution in [0.25, 0.3) is 0 Å². The van der Waals surface area contributed by atoms with Crippen molar-refractivity contribution in [2.75, 3.05) is 25.0 Å². The third-order valence-electron chi connectivity index (χ3n) is 2.76. The molecule has 0 atom stereocenters. The third kappa shape index (κ3) is 5.09. The highest BCUT2D eigenvalue weighted by Crippen LogP contribution is 2.16. The van der Waals surface area contributed by atoms with Gasteiger partial charge >= 0.3 is 5.97 Å². The maximum absolute atomic E-state index is 12.1. The van der Waals surface area contributed by atoms with Gasteiger partial charge in [0.15, 0.2) is 0 Å². The molecule has 0 saturated heterocycles. The van der Waals surface area contributed by atoms with Crippen LogP contribution in [0.4, 0.5) is 5.69 Å². The highest BCUT2D eigenvalue weighted by molar-refractivity contribution is 5.97. The van der Waals surface area contributed by atoms with Gasteiger partial charge in [0, 0.05) is 12.1 Å². The van der Waals surface area contributed by atoms with E-state index in [2.05, 4.69) is 5.32 Å². The number of benzene rings is 1. The van der Waals surface area contributed by atoms with E-state index >= 15 is 0 Å². The van der Waals surface area contributed by atoms with Crippen LogP contribution in [0.5, 0.6) is 0 Å². The summed E-state index contributed by atoms with van der Waals surface area (Å²) in [4.78, 5) is 24.3. The molecule has 2 N–H and O–H groups in total. The number of carboxylic acids is 1. The molecule has 0 saturated carbocycles.